The van der Waals surface area contributed by atoms with Gasteiger partial charge < -0.3 is 9.64 Å². The van der Waals surface area contributed by atoms with E-state index >= 15 is 0 Å². The first-order valence-corrected chi connectivity index (χ1v) is 8.05. The van der Waals surface area contributed by atoms with Crippen LogP contribution in [-0.2, 0) is 9.53 Å². The van der Waals surface area contributed by atoms with Crippen LogP contribution in [0.15, 0.2) is 30.6 Å². The van der Waals surface area contributed by atoms with Gasteiger partial charge in [0.15, 0.2) is 6.10 Å². The molecule has 1 aromatic heterocycles. The molecule has 0 bridgehead atoms. The summed E-state index contributed by atoms with van der Waals surface area (Å²) in [6, 6.07) is 5.02. The summed E-state index contributed by atoms with van der Waals surface area (Å²) in [7, 11) is 0. The number of nitrogens with zero attached hydrogens (tertiary/aromatic N) is 3. The van der Waals surface area contributed by atoms with E-state index in [2.05, 4.69) is 9.97 Å². The highest BCUT2D eigenvalue weighted by atomic mass is 16.5. The minimum absolute atomic E-state index is 0.0367. The van der Waals surface area contributed by atoms with E-state index in [9.17, 15) is 9.59 Å². The van der Waals surface area contributed by atoms with Gasteiger partial charge in [-0.25, -0.2) is 4.79 Å². The molecule has 1 amide bonds. The number of fused-ring (bicyclic) bond motifs is 1. The first-order chi connectivity index (χ1) is 11.3. The number of amides is 1. The van der Waals surface area contributed by atoms with Gasteiger partial charge in [0.05, 0.1) is 16.6 Å². The molecule has 128 valence electrons. The molecule has 2 aromatic rings. The van der Waals surface area contributed by atoms with Crippen molar-refractivity contribution in [1.29, 1.82) is 0 Å². The van der Waals surface area contributed by atoms with Crippen molar-refractivity contribution in [2.45, 2.75) is 52.8 Å². The van der Waals surface area contributed by atoms with E-state index in [4.69, 9.17) is 4.74 Å². The average molecular weight is 329 g/mol. The van der Waals surface area contributed by atoms with Gasteiger partial charge in [-0.15, -0.1) is 0 Å². The predicted octanol–water partition coefficient (Wildman–Crippen LogP) is 2.82. The minimum Gasteiger partial charge on any atom is -0.449 e. The molecule has 6 nitrogen and oxygen atoms in total. The summed E-state index contributed by atoms with van der Waals surface area (Å²) in [6.45, 7) is 9.35. The second-order valence-corrected chi connectivity index (χ2v) is 6.24. The number of hydrogen-bond acceptors (Lipinski definition) is 5. The monoisotopic (exact) mass is 329 g/mol. The number of carbonyl (C=O) groups is 2. The average Bonchev–Trinajstić information content (AvgIpc) is 2.53. The first kappa shape index (κ1) is 17.8. The molecule has 24 heavy (non-hydrogen) atoms. The second kappa shape index (κ2) is 7.38. The molecular weight excluding hydrogens is 306 g/mol. The second-order valence-electron chi connectivity index (χ2n) is 6.24. The van der Waals surface area contributed by atoms with Crippen LogP contribution in [0.3, 0.4) is 0 Å². The Kier molecular flexibility index (Phi) is 5.49. The molecule has 0 aliphatic carbocycles. The summed E-state index contributed by atoms with van der Waals surface area (Å²) in [4.78, 5) is 34.9. The quantitative estimate of drug-likeness (QED) is 0.789. The smallest absolute Gasteiger partial charge is 0.338 e. The van der Waals surface area contributed by atoms with E-state index in [1.54, 1.807) is 42.4 Å². The summed E-state index contributed by atoms with van der Waals surface area (Å²) in [5, 5.41) is 0. The van der Waals surface area contributed by atoms with Crippen molar-refractivity contribution in [2.75, 3.05) is 0 Å². The van der Waals surface area contributed by atoms with Crippen LogP contribution in [-0.4, -0.2) is 44.9 Å². The predicted molar refractivity (Wildman–Crippen MR) is 91.5 cm³/mol. The molecule has 1 heterocycles. The van der Waals surface area contributed by atoms with Gasteiger partial charge in [-0.1, -0.05) is 0 Å². The molecule has 1 aromatic carbocycles. The maximum atomic E-state index is 12.5. The fraction of sp³-hybridized carbons (Fsp3) is 0.444. The fourth-order valence-corrected chi connectivity index (χ4v) is 2.68. The van der Waals surface area contributed by atoms with Gasteiger partial charge in [-0.05, 0) is 52.8 Å². The standard InChI is InChI=1S/C18H23N3O3/c1-11(2)21(12(3)4)17(22)13(5)24-18(23)14-6-7-15-16(10-14)20-9-8-19-15/h6-13H,1-5H3/t13-/m1/s1. The Morgan fingerprint density at radius 2 is 1.54 bits per heavy atom. The molecule has 6 heteroatoms. The number of esters is 1. The van der Waals surface area contributed by atoms with Gasteiger partial charge in [0.25, 0.3) is 5.91 Å². The Balaban J connectivity index is 2.13. The van der Waals surface area contributed by atoms with Crippen LogP contribution in [0, 0.1) is 0 Å². The molecule has 0 N–H and O–H groups in total. The van der Waals surface area contributed by atoms with Crippen LogP contribution in [0.1, 0.15) is 45.0 Å². The number of aromatic nitrogens is 2. The zero-order valence-electron chi connectivity index (χ0n) is 14.7. The molecule has 0 saturated carbocycles. The van der Waals surface area contributed by atoms with Gasteiger partial charge in [0, 0.05) is 24.5 Å². The highest BCUT2D eigenvalue weighted by molar-refractivity contribution is 5.95. The number of hydrogen-bond donors (Lipinski definition) is 0. The normalized spacial score (nSPS) is 12.5. The molecule has 0 aliphatic rings. The lowest BCUT2D eigenvalue weighted by molar-refractivity contribution is -0.143. The van der Waals surface area contributed by atoms with E-state index in [0.717, 1.165) is 0 Å². The van der Waals surface area contributed by atoms with Gasteiger partial charge in [-0.3, -0.25) is 14.8 Å². The topological polar surface area (TPSA) is 72.4 Å². The van der Waals surface area contributed by atoms with Gasteiger partial charge >= 0.3 is 5.97 Å². The summed E-state index contributed by atoms with van der Waals surface area (Å²) in [5.74, 6) is -0.746. The van der Waals surface area contributed by atoms with Crippen molar-refractivity contribution in [3.8, 4) is 0 Å². The lowest BCUT2D eigenvalue weighted by Gasteiger charge is -2.32. The molecule has 0 spiro atoms. The molecule has 2 rings (SSSR count). The van der Waals surface area contributed by atoms with Gasteiger partial charge in [0.1, 0.15) is 0 Å². The molecular formula is C18H23N3O3. The molecule has 0 radical (unpaired) electrons. The van der Waals surface area contributed by atoms with Crippen molar-refractivity contribution in [2.24, 2.45) is 0 Å². The van der Waals surface area contributed by atoms with Crippen molar-refractivity contribution in [3.63, 3.8) is 0 Å². The minimum atomic E-state index is -0.847. The third-order valence-electron chi connectivity index (χ3n) is 3.70. The summed E-state index contributed by atoms with van der Waals surface area (Å²) < 4.78 is 5.35. The zero-order valence-corrected chi connectivity index (χ0v) is 14.7. The first-order valence-electron chi connectivity index (χ1n) is 8.05. The number of rotatable bonds is 5. The zero-order chi connectivity index (χ0) is 17.9. The number of benzene rings is 1. The maximum Gasteiger partial charge on any atom is 0.338 e. The Hall–Kier alpha value is -2.50. The van der Waals surface area contributed by atoms with E-state index < -0.39 is 12.1 Å². The van der Waals surface area contributed by atoms with Crippen molar-refractivity contribution < 1.29 is 14.3 Å². The number of carbonyl (C=O) groups excluding carboxylic acids is 2. The van der Waals surface area contributed by atoms with Crippen molar-refractivity contribution in [1.82, 2.24) is 14.9 Å². The lowest BCUT2D eigenvalue weighted by Crippen LogP contribution is -2.47. The van der Waals surface area contributed by atoms with Crippen LogP contribution in [0.5, 0.6) is 0 Å². The summed E-state index contributed by atoms with van der Waals surface area (Å²) in [6.07, 6.45) is 2.31. The Labute approximate surface area is 141 Å². The largest absolute Gasteiger partial charge is 0.449 e. The summed E-state index contributed by atoms with van der Waals surface area (Å²) in [5.41, 5.74) is 1.66. The third kappa shape index (κ3) is 3.88. The molecule has 1 atom stereocenters. The fourth-order valence-electron chi connectivity index (χ4n) is 2.68. The van der Waals surface area contributed by atoms with Crippen molar-refractivity contribution >= 4 is 22.9 Å². The Morgan fingerprint density at radius 1 is 0.958 bits per heavy atom. The van der Waals surface area contributed by atoms with Gasteiger partial charge in [0.2, 0.25) is 0 Å². The van der Waals surface area contributed by atoms with E-state index in [0.29, 0.717) is 16.6 Å². The van der Waals surface area contributed by atoms with Crippen LogP contribution >= 0.6 is 0 Å². The lowest BCUT2D eigenvalue weighted by atomic mass is 10.2. The summed E-state index contributed by atoms with van der Waals surface area (Å²) >= 11 is 0. The van der Waals surface area contributed by atoms with E-state index in [1.807, 2.05) is 27.7 Å². The highest BCUT2D eigenvalue weighted by Crippen LogP contribution is 2.14. The van der Waals surface area contributed by atoms with Crippen LogP contribution < -0.4 is 0 Å². The van der Waals surface area contributed by atoms with E-state index in [1.165, 1.54) is 0 Å². The SMILES string of the molecule is CC(C)N(C(=O)[C@@H](C)OC(=O)c1ccc2nccnc2c1)C(C)C. The molecule has 0 aliphatic heterocycles. The Bertz CT molecular complexity index is 735. The van der Waals surface area contributed by atoms with Gasteiger partial charge in [-0.2, -0.15) is 0 Å². The molecule has 0 unspecified atom stereocenters. The van der Waals surface area contributed by atoms with Crippen LogP contribution in [0.4, 0.5) is 0 Å². The van der Waals surface area contributed by atoms with Crippen LogP contribution in [0.2, 0.25) is 0 Å². The number of ether oxygens (including phenoxy) is 1. The maximum absolute atomic E-state index is 12.5. The Morgan fingerprint density at radius 3 is 2.12 bits per heavy atom. The van der Waals surface area contributed by atoms with E-state index in [-0.39, 0.29) is 18.0 Å². The van der Waals surface area contributed by atoms with Crippen molar-refractivity contribution in [3.05, 3.63) is 36.2 Å². The van der Waals surface area contributed by atoms with Crippen LogP contribution in [0.25, 0.3) is 11.0 Å². The molecule has 0 saturated heterocycles. The molecule has 0 fully saturated rings. The highest BCUT2D eigenvalue weighted by Gasteiger charge is 2.28. The third-order valence-corrected chi connectivity index (χ3v) is 3.70.